The van der Waals surface area contributed by atoms with Crippen molar-refractivity contribution in [1.82, 2.24) is 14.3 Å². The monoisotopic (exact) mass is 375 g/mol. The van der Waals surface area contributed by atoms with Crippen LogP contribution in [0.25, 0.3) is 5.52 Å². The molecule has 2 amide bonds. The second kappa shape index (κ2) is 7.50. The van der Waals surface area contributed by atoms with E-state index in [4.69, 9.17) is 10.00 Å². The van der Waals surface area contributed by atoms with Crippen LogP contribution >= 0.6 is 0 Å². The van der Waals surface area contributed by atoms with Crippen LogP contribution in [0.1, 0.15) is 26.7 Å². The van der Waals surface area contributed by atoms with Gasteiger partial charge in [0.15, 0.2) is 5.69 Å². The van der Waals surface area contributed by atoms with Crippen LogP contribution in [0.5, 0.6) is 0 Å². The van der Waals surface area contributed by atoms with Gasteiger partial charge < -0.3 is 15.0 Å². The number of ether oxygens (including phenoxy) is 1. The molecule has 1 aromatic carbocycles. The van der Waals surface area contributed by atoms with Gasteiger partial charge in [-0.15, -0.1) is 0 Å². The molecule has 0 saturated carbocycles. The normalized spacial score (nSPS) is 13.9. The Labute approximate surface area is 161 Å². The Morgan fingerprint density at radius 2 is 1.86 bits per heavy atom. The Balaban J connectivity index is 1.66. The highest BCUT2D eigenvalue weighted by molar-refractivity contribution is 6.06. The summed E-state index contributed by atoms with van der Waals surface area (Å²) < 4.78 is 6.90. The zero-order chi connectivity index (χ0) is 19.5. The Hall–Kier alpha value is -3.70. The summed E-state index contributed by atoms with van der Waals surface area (Å²) in [7, 11) is 0. The van der Waals surface area contributed by atoms with E-state index in [1.165, 1.54) is 0 Å². The van der Waals surface area contributed by atoms with Crippen LogP contribution in [0.2, 0.25) is 0 Å². The summed E-state index contributed by atoms with van der Waals surface area (Å²) in [5.74, 6) is -0.534. The summed E-state index contributed by atoms with van der Waals surface area (Å²) >= 11 is 0. The minimum atomic E-state index is -0.438. The lowest BCUT2D eigenvalue weighted by atomic mass is 10.2. The molecule has 2 aromatic heterocycles. The standard InChI is InChI=1S/C20H17N5O3/c21-13-14-4-6-15(7-5-14)22-19(26)18-23-17(16-3-1-2-8-25(16)18)20(27)24-9-11-28-12-10-24/h1-8H,9-12H2,(H,22,26). The molecule has 1 saturated heterocycles. The maximum Gasteiger partial charge on any atom is 0.292 e. The van der Waals surface area contributed by atoms with Gasteiger partial charge in [-0.05, 0) is 36.4 Å². The topological polar surface area (TPSA) is 99.7 Å². The van der Waals surface area contributed by atoms with Gasteiger partial charge in [0, 0.05) is 25.0 Å². The molecule has 1 aliphatic rings. The number of aromatic nitrogens is 2. The first-order chi connectivity index (χ1) is 13.7. The van der Waals surface area contributed by atoms with Crippen molar-refractivity contribution in [2.24, 2.45) is 0 Å². The number of nitrogens with one attached hydrogen (secondary N) is 1. The fourth-order valence-electron chi connectivity index (χ4n) is 3.09. The van der Waals surface area contributed by atoms with Crippen LogP contribution in [0.3, 0.4) is 0 Å². The van der Waals surface area contributed by atoms with Crippen LogP contribution in [0.4, 0.5) is 5.69 Å². The molecule has 8 nitrogen and oxygen atoms in total. The van der Waals surface area contributed by atoms with Gasteiger partial charge >= 0.3 is 0 Å². The molecule has 1 fully saturated rings. The average Bonchev–Trinajstić information content (AvgIpc) is 3.14. The third-order valence-electron chi connectivity index (χ3n) is 4.52. The lowest BCUT2D eigenvalue weighted by molar-refractivity contribution is 0.0300. The van der Waals surface area contributed by atoms with Gasteiger partial charge in [0.2, 0.25) is 5.82 Å². The number of hydrogen-bond acceptors (Lipinski definition) is 5. The third kappa shape index (κ3) is 3.31. The van der Waals surface area contributed by atoms with Gasteiger partial charge in [-0.1, -0.05) is 6.07 Å². The molecule has 28 heavy (non-hydrogen) atoms. The maximum absolute atomic E-state index is 12.9. The molecule has 140 valence electrons. The van der Waals surface area contributed by atoms with E-state index in [9.17, 15) is 9.59 Å². The molecular formula is C20H17N5O3. The number of anilines is 1. The van der Waals surface area contributed by atoms with Crippen LogP contribution in [-0.4, -0.2) is 52.4 Å². The van der Waals surface area contributed by atoms with Gasteiger partial charge in [0.05, 0.1) is 30.4 Å². The number of hydrogen-bond donors (Lipinski definition) is 1. The number of morpholine rings is 1. The minimum Gasteiger partial charge on any atom is -0.378 e. The SMILES string of the molecule is N#Cc1ccc(NC(=O)c2nc(C(=O)N3CCOCC3)c3ccccn23)cc1. The van der Waals surface area contributed by atoms with Crippen molar-refractivity contribution in [2.75, 3.05) is 31.6 Å². The molecular weight excluding hydrogens is 358 g/mol. The van der Waals surface area contributed by atoms with E-state index in [1.807, 2.05) is 6.07 Å². The second-order valence-electron chi connectivity index (χ2n) is 6.29. The average molecular weight is 375 g/mol. The molecule has 4 rings (SSSR count). The van der Waals surface area contributed by atoms with Crippen molar-refractivity contribution in [3.63, 3.8) is 0 Å². The highest BCUT2D eigenvalue weighted by Crippen LogP contribution is 2.18. The van der Waals surface area contributed by atoms with Crippen LogP contribution in [0.15, 0.2) is 48.7 Å². The van der Waals surface area contributed by atoms with Crippen LogP contribution in [0, 0.1) is 11.3 Å². The van der Waals surface area contributed by atoms with E-state index in [1.54, 1.807) is 58.0 Å². The van der Waals surface area contributed by atoms with Gasteiger partial charge in [0.25, 0.3) is 11.8 Å². The van der Waals surface area contributed by atoms with Crippen LogP contribution in [-0.2, 0) is 4.74 Å². The highest BCUT2D eigenvalue weighted by atomic mass is 16.5. The predicted molar refractivity (Wildman–Crippen MR) is 101 cm³/mol. The zero-order valence-corrected chi connectivity index (χ0v) is 15.0. The summed E-state index contributed by atoms with van der Waals surface area (Å²) in [4.78, 5) is 31.7. The van der Waals surface area contributed by atoms with Crippen molar-refractivity contribution < 1.29 is 14.3 Å². The maximum atomic E-state index is 12.9. The lowest BCUT2D eigenvalue weighted by Crippen LogP contribution is -2.40. The number of nitrogens with zero attached hydrogens (tertiary/aromatic N) is 4. The van der Waals surface area contributed by atoms with E-state index >= 15 is 0 Å². The fourth-order valence-corrected chi connectivity index (χ4v) is 3.09. The van der Waals surface area contributed by atoms with Gasteiger partial charge in [0.1, 0.15) is 0 Å². The van der Waals surface area contributed by atoms with E-state index in [2.05, 4.69) is 10.3 Å². The number of carbonyl (C=O) groups excluding carboxylic acids is 2. The number of nitriles is 1. The number of imidazole rings is 1. The molecule has 1 aliphatic heterocycles. The van der Waals surface area contributed by atoms with E-state index in [0.717, 1.165) is 0 Å². The molecule has 3 aromatic rings. The predicted octanol–water partition coefficient (Wildman–Crippen LogP) is 1.93. The summed E-state index contributed by atoms with van der Waals surface area (Å²) in [6.45, 7) is 1.97. The summed E-state index contributed by atoms with van der Waals surface area (Å²) in [6, 6.07) is 13.9. The fraction of sp³-hybridized carbons (Fsp3) is 0.200. The smallest absolute Gasteiger partial charge is 0.292 e. The number of benzene rings is 1. The first-order valence-electron chi connectivity index (χ1n) is 8.83. The Morgan fingerprint density at radius 3 is 2.57 bits per heavy atom. The first-order valence-corrected chi connectivity index (χ1v) is 8.83. The van der Waals surface area contributed by atoms with Crippen molar-refractivity contribution in [3.05, 3.63) is 65.7 Å². The number of fused-ring (bicyclic) bond motifs is 1. The highest BCUT2D eigenvalue weighted by Gasteiger charge is 2.26. The lowest BCUT2D eigenvalue weighted by Gasteiger charge is -2.26. The van der Waals surface area contributed by atoms with E-state index in [-0.39, 0.29) is 17.4 Å². The number of pyridine rings is 1. The Morgan fingerprint density at radius 1 is 1.11 bits per heavy atom. The van der Waals surface area contributed by atoms with E-state index < -0.39 is 5.91 Å². The summed E-state index contributed by atoms with van der Waals surface area (Å²) in [5, 5.41) is 11.6. The quantitative estimate of drug-likeness (QED) is 0.754. The van der Waals surface area contributed by atoms with Crippen LogP contribution < -0.4 is 5.32 Å². The van der Waals surface area contributed by atoms with Gasteiger partial charge in [-0.3, -0.25) is 14.0 Å². The molecule has 0 aliphatic carbocycles. The van der Waals surface area contributed by atoms with Gasteiger partial charge in [-0.2, -0.15) is 5.26 Å². The Bertz CT molecular complexity index is 1080. The molecule has 0 unspecified atom stereocenters. The Kier molecular flexibility index (Phi) is 4.74. The van der Waals surface area contributed by atoms with Crippen molar-refractivity contribution in [1.29, 1.82) is 5.26 Å². The second-order valence-corrected chi connectivity index (χ2v) is 6.29. The molecule has 0 radical (unpaired) electrons. The molecule has 3 heterocycles. The summed E-state index contributed by atoms with van der Waals surface area (Å²) in [5.41, 5.74) is 1.86. The van der Waals surface area contributed by atoms with E-state index in [0.29, 0.717) is 43.1 Å². The number of amides is 2. The third-order valence-corrected chi connectivity index (χ3v) is 4.52. The molecule has 8 heteroatoms. The van der Waals surface area contributed by atoms with Crippen molar-refractivity contribution in [3.8, 4) is 6.07 Å². The molecule has 0 spiro atoms. The van der Waals surface area contributed by atoms with Crippen molar-refractivity contribution >= 4 is 23.0 Å². The zero-order valence-electron chi connectivity index (χ0n) is 15.0. The summed E-state index contributed by atoms with van der Waals surface area (Å²) in [6.07, 6.45) is 1.70. The molecule has 1 N–H and O–H groups in total. The number of carbonyl (C=O) groups is 2. The molecule has 0 atom stereocenters. The van der Waals surface area contributed by atoms with Gasteiger partial charge in [-0.25, -0.2) is 4.98 Å². The number of rotatable bonds is 3. The largest absolute Gasteiger partial charge is 0.378 e. The molecule has 0 bridgehead atoms. The first kappa shape index (κ1) is 17.7. The van der Waals surface area contributed by atoms with Crippen molar-refractivity contribution in [2.45, 2.75) is 0 Å². The minimum absolute atomic E-state index is 0.122.